The lowest BCUT2D eigenvalue weighted by molar-refractivity contribution is -0.0317. The van der Waals surface area contributed by atoms with E-state index < -0.39 is 34.4 Å². The number of piperidine rings is 1. The van der Waals surface area contributed by atoms with E-state index in [9.17, 15) is 18.0 Å². The van der Waals surface area contributed by atoms with Gasteiger partial charge in [-0.05, 0) is 12.8 Å². The Kier molecular flexibility index (Phi) is 3.30. The second-order valence-corrected chi connectivity index (χ2v) is 5.99. The fourth-order valence-corrected chi connectivity index (χ4v) is 3.09. The molecule has 0 aromatic carbocycles. The minimum Gasteiger partial charge on any atom is -0.363 e. The van der Waals surface area contributed by atoms with Gasteiger partial charge in [-0.3, -0.25) is 9.35 Å². The van der Waals surface area contributed by atoms with Crippen molar-refractivity contribution < 1.29 is 31.4 Å². The maximum absolute atomic E-state index is 12.2. The third kappa shape index (κ3) is 2.51. The molecule has 0 spiro atoms. The Morgan fingerprint density at radius 1 is 1.50 bits per heavy atom. The zero-order valence-electron chi connectivity index (χ0n) is 11.1. The van der Waals surface area contributed by atoms with Crippen LogP contribution in [0, 0.1) is 0 Å². The number of fused-ring (bicyclic) bond motifs is 2. The van der Waals surface area contributed by atoms with Gasteiger partial charge in [0.15, 0.2) is 0 Å². The number of carbonyl (C=O) groups excluding carboxylic acids is 2. The van der Waals surface area contributed by atoms with Crippen molar-refractivity contribution >= 4 is 22.3 Å². The van der Waals surface area contributed by atoms with Crippen molar-refractivity contribution in [2.45, 2.75) is 24.9 Å². The molecule has 1 aromatic heterocycles. The largest absolute Gasteiger partial charge is 0.418 e. The number of hydrogen-bond donors (Lipinski definition) is 2. The zero-order chi connectivity index (χ0) is 16.1. The second kappa shape index (κ2) is 4.93. The third-order valence-corrected chi connectivity index (χ3v) is 3.96. The smallest absolute Gasteiger partial charge is 0.363 e. The predicted molar refractivity (Wildman–Crippen MR) is 67.4 cm³/mol. The molecule has 2 aliphatic heterocycles. The highest BCUT2D eigenvalue weighted by Crippen LogP contribution is 2.38. The van der Waals surface area contributed by atoms with Crippen LogP contribution in [0.2, 0.25) is 0 Å². The molecular formula is C10H12N4O7S. The summed E-state index contributed by atoms with van der Waals surface area (Å²) in [6.07, 6.45) is 0.896. The van der Waals surface area contributed by atoms with Crippen LogP contribution in [0.4, 0.5) is 4.79 Å². The lowest BCUT2D eigenvalue weighted by Gasteiger charge is -2.28. The molecule has 12 heteroatoms. The second-order valence-electron chi connectivity index (χ2n) is 4.99. The molecule has 3 amide bonds. The minimum absolute atomic E-state index is 0.130. The van der Waals surface area contributed by atoms with E-state index in [1.807, 2.05) is 0 Å². The van der Waals surface area contributed by atoms with Gasteiger partial charge in [-0.2, -0.15) is 13.5 Å². The Hall–Kier alpha value is -2.18. The van der Waals surface area contributed by atoms with Gasteiger partial charge in [-0.15, -0.1) is 4.28 Å². The lowest BCUT2D eigenvalue weighted by Crippen LogP contribution is -2.35. The number of nitrogens with two attached hydrogens (primary N) is 1. The quantitative estimate of drug-likeness (QED) is 0.695. The van der Waals surface area contributed by atoms with Crippen molar-refractivity contribution in [3.05, 3.63) is 17.5 Å². The van der Waals surface area contributed by atoms with E-state index in [0.717, 1.165) is 0 Å². The summed E-state index contributed by atoms with van der Waals surface area (Å²) >= 11 is 0. The molecule has 3 heterocycles. The number of hydrogen-bond acceptors (Lipinski definition) is 7. The molecule has 2 aliphatic rings. The standard InChI is InChI=1S/C10H12N4O7S/c11-9(15)8-3-6(12-20-8)7-2-1-5-4-13(7)10(16)14(5)21-22(17,18)19/h3,5,7H,1-2,4H2,(H2,11,15)(H,17,18,19). The van der Waals surface area contributed by atoms with Crippen LogP contribution in [-0.2, 0) is 14.7 Å². The first kappa shape index (κ1) is 14.7. The average molecular weight is 332 g/mol. The Morgan fingerprint density at radius 3 is 2.82 bits per heavy atom. The van der Waals surface area contributed by atoms with Gasteiger partial charge in [0.25, 0.3) is 5.91 Å². The first-order valence-electron chi connectivity index (χ1n) is 6.29. The number of carbonyl (C=O) groups is 2. The fourth-order valence-electron chi connectivity index (χ4n) is 2.70. The van der Waals surface area contributed by atoms with E-state index >= 15 is 0 Å². The number of urea groups is 1. The Balaban J connectivity index is 1.83. The monoisotopic (exact) mass is 332 g/mol. The SMILES string of the molecule is NC(=O)c1cc(C2CCC3CN2C(=O)N3OS(=O)(=O)O)no1. The van der Waals surface area contributed by atoms with Crippen LogP contribution in [-0.4, -0.2) is 52.6 Å². The highest BCUT2D eigenvalue weighted by atomic mass is 32.3. The molecule has 2 unspecified atom stereocenters. The first-order valence-corrected chi connectivity index (χ1v) is 7.66. The molecular weight excluding hydrogens is 320 g/mol. The average Bonchev–Trinajstić information content (AvgIpc) is 2.99. The topological polar surface area (TPSA) is 156 Å². The Labute approximate surface area is 124 Å². The molecule has 2 saturated heterocycles. The van der Waals surface area contributed by atoms with Crippen molar-refractivity contribution in [3.63, 3.8) is 0 Å². The zero-order valence-corrected chi connectivity index (χ0v) is 11.9. The van der Waals surface area contributed by atoms with Crippen molar-refractivity contribution in [1.29, 1.82) is 0 Å². The van der Waals surface area contributed by atoms with Gasteiger partial charge in [-0.25, -0.2) is 4.79 Å². The molecule has 3 N–H and O–H groups in total. The molecule has 2 bridgehead atoms. The number of aromatic nitrogens is 1. The van der Waals surface area contributed by atoms with Gasteiger partial charge in [0.2, 0.25) is 5.76 Å². The van der Waals surface area contributed by atoms with Crippen molar-refractivity contribution in [2.24, 2.45) is 5.73 Å². The van der Waals surface area contributed by atoms with Crippen LogP contribution in [0.3, 0.4) is 0 Å². The summed E-state index contributed by atoms with van der Waals surface area (Å²) in [4.78, 5) is 24.5. The minimum atomic E-state index is -4.79. The highest BCUT2D eigenvalue weighted by Gasteiger charge is 2.48. The summed E-state index contributed by atoms with van der Waals surface area (Å²) in [6, 6.07) is -0.357. The summed E-state index contributed by atoms with van der Waals surface area (Å²) in [6.45, 7) is 0.206. The summed E-state index contributed by atoms with van der Waals surface area (Å²) in [5.74, 6) is -0.911. The summed E-state index contributed by atoms with van der Waals surface area (Å²) in [7, 11) is -4.79. The Bertz CT molecular complexity index is 729. The molecule has 0 aliphatic carbocycles. The van der Waals surface area contributed by atoms with Crippen LogP contribution in [0.1, 0.15) is 35.1 Å². The van der Waals surface area contributed by atoms with E-state index in [4.69, 9.17) is 14.8 Å². The fraction of sp³-hybridized carbons (Fsp3) is 0.500. The van der Waals surface area contributed by atoms with Crippen molar-refractivity contribution in [1.82, 2.24) is 15.1 Å². The van der Waals surface area contributed by atoms with Crippen LogP contribution in [0.25, 0.3) is 0 Å². The molecule has 3 rings (SSSR count). The molecule has 2 fully saturated rings. The first-order chi connectivity index (χ1) is 10.3. The molecule has 11 nitrogen and oxygen atoms in total. The van der Waals surface area contributed by atoms with E-state index in [-0.39, 0.29) is 12.3 Å². The van der Waals surface area contributed by atoms with Crippen LogP contribution in [0.15, 0.2) is 10.6 Å². The summed E-state index contributed by atoms with van der Waals surface area (Å²) < 4.78 is 39.4. The van der Waals surface area contributed by atoms with Crippen molar-refractivity contribution in [2.75, 3.05) is 6.54 Å². The number of hydroxylamine groups is 2. The van der Waals surface area contributed by atoms with Gasteiger partial charge >= 0.3 is 16.4 Å². The number of primary amides is 1. The molecule has 22 heavy (non-hydrogen) atoms. The summed E-state index contributed by atoms with van der Waals surface area (Å²) in [5.41, 5.74) is 5.42. The van der Waals surface area contributed by atoms with Crippen LogP contribution >= 0.6 is 0 Å². The van der Waals surface area contributed by atoms with Crippen molar-refractivity contribution in [3.8, 4) is 0 Å². The van der Waals surface area contributed by atoms with Crippen LogP contribution in [0.5, 0.6) is 0 Å². The number of nitrogens with zero attached hydrogens (tertiary/aromatic N) is 3. The number of rotatable bonds is 4. The van der Waals surface area contributed by atoms with Gasteiger partial charge in [-0.1, -0.05) is 5.16 Å². The molecule has 120 valence electrons. The van der Waals surface area contributed by atoms with Gasteiger partial charge in [0, 0.05) is 12.6 Å². The van der Waals surface area contributed by atoms with E-state index in [2.05, 4.69) is 9.44 Å². The predicted octanol–water partition coefficient (Wildman–Crippen LogP) is -0.551. The molecule has 1 aromatic rings. The Morgan fingerprint density at radius 2 is 2.23 bits per heavy atom. The molecule has 2 atom stereocenters. The van der Waals surface area contributed by atoms with E-state index in [1.54, 1.807) is 0 Å². The lowest BCUT2D eigenvalue weighted by atomic mass is 9.98. The number of amides is 3. The van der Waals surface area contributed by atoms with Gasteiger partial charge in [0.05, 0.1) is 12.1 Å². The maximum atomic E-state index is 12.2. The van der Waals surface area contributed by atoms with E-state index in [0.29, 0.717) is 23.6 Å². The van der Waals surface area contributed by atoms with Crippen LogP contribution < -0.4 is 5.73 Å². The van der Waals surface area contributed by atoms with Gasteiger partial charge in [0.1, 0.15) is 5.69 Å². The summed E-state index contributed by atoms with van der Waals surface area (Å²) in [5, 5.41) is 4.34. The maximum Gasteiger partial charge on any atom is 0.418 e. The molecule has 0 radical (unpaired) electrons. The highest BCUT2D eigenvalue weighted by molar-refractivity contribution is 7.80. The molecule has 0 saturated carbocycles. The van der Waals surface area contributed by atoms with Gasteiger partial charge < -0.3 is 15.2 Å². The normalized spacial score (nSPS) is 24.9. The third-order valence-electron chi connectivity index (χ3n) is 3.61. The van der Waals surface area contributed by atoms with E-state index in [1.165, 1.54) is 11.0 Å².